The maximum absolute atomic E-state index is 13.7. The summed E-state index contributed by atoms with van der Waals surface area (Å²) in [6.45, 7) is 3.18. The van der Waals surface area contributed by atoms with Crippen LogP contribution in [-0.4, -0.2) is 23.9 Å². The number of hydrogen-bond acceptors (Lipinski definition) is 3. The molecule has 2 N–H and O–H groups in total. The zero-order valence-corrected chi connectivity index (χ0v) is 9.71. The van der Waals surface area contributed by atoms with Gasteiger partial charge in [0.25, 0.3) is 0 Å². The van der Waals surface area contributed by atoms with E-state index in [4.69, 9.17) is 17.3 Å². The standard InChI is InChI=1S/C11H13ClFN3/c1-2-16-10(6-15-11(16)14)8-4-3-7(12)5-9(8)13/h3-5,10H,2,6H2,1H3,(H2,14,15). The van der Waals surface area contributed by atoms with Crippen LogP contribution >= 0.6 is 11.6 Å². The number of aliphatic imine (C=N–C) groups is 1. The molecule has 1 aromatic carbocycles. The summed E-state index contributed by atoms with van der Waals surface area (Å²) in [6, 6.07) is 4.59. The second kappa shape index (κ2) is 4.29. The van der Waals surface area contributed by atoms with E-state index in [1.807, 2.05) is 11.8 Å². The molecule has 1 aliphatic rings. The molecule has 1 aliphatic heterocycles. The Hall–Kier alpha value is -1.29. The summed E-state index contributed by atoms with van der Waals surface area (Å²) in [6.07, 6.45) is 0. The van der Waals surface area contributed by atoms with Gasteiger partial charge in [0.1, 0.15) is 5.82 Å². The fourth-order valence-electron chi connectivity index (χ4n) is 1.95. The van der Waals surface area contributed by atoms with Crippen molar-refractivity contribution < 1.29 is 4.39 Å². The Morgan fingerprint density at radius 1 is 1.62 bits per heavy atom. The zero-order valence-electron chi connectivity index (χ0n) is 8.95. The number of rotatable bonds is 2. The van der Waals surface area contributed by atoms with Crippen LogP contribution in [0.2, 0.25) is 5.02 Å². The van der Waals surface area contributed by atoms with Crippen molar-refractivity contribution in [1.82, 2.24) is 4.90 Å². The molecule has 0 fully saturated rings. The fourth-order valence-corrected chi connectivity index (χ4v) is 2.11. The normalized spacial score (nSPS) is 20.1. The molecule has 1 aromatic rings. The van der Waals surface area contributed by atoms with Gasteiger partial charge in [0, 0.05) is 17.1 Å². The Labute approximate surface area is 98.7 Å². The highest BCUT2D eigenvalue weighted by atomic mass is 35.5. The lowest BCUT2D eigenvalue weighted by Gasteiger charge is -2.25. The van der Waals surface area contributed by atoms with Crippen molar-refractivity contribution in [1.29, 1.82) is 0 Å². The molecule has 1 atom stereocenters. The average Bonchev–Trinajstić information content (AvgIpc) is 2.59. The third-order valence-electron chi connectivity index (χ3n) is 2.76. The summed E-state index contributed by atoms with van der Waals surface area (Å²) in [5.74, 6) is 0.169. The number of nitrogens with zero attached hydrogens (tertiary/aromatic N) is 2. The Morgan fingerprint density at radius 2 is 2.38 bits per heavy atom. The van der Waals surface area contributed by atoms with E-state index in [-0.39, 0.29) is 11.9 Å². The summed E-state index contributed by atoms with van der Waals surface area (Å²) in [5, 5.41) is 0.399. The molecular formula is C11H13ClFN3. The molecule has 0 bridgehead atoms. The monoisotopic (exact) mass is 241 g/mol. The van der Waals surface area contributed by atoms with Crippen LogP contribution in [0.15, 0.2) is 23.2 Å². The largest absolute Gasteiger partial charge is 0.370 e. The summed E-state index contributed by atoms with van der Waals surface area (Å²) in [4.78, 5) is 6.01. The van der Waals surface area contributed by atoms with Gasteiger partial charge in [-0.1, -0.05) is 17.7 Å². The molecule has 0 saturated heterocycles. The maximum atomic E-state index is 13.7. The molecule has 0 saturated carbocycles. The summed E-state index contributed by atoms with van der Waals surface area (Å²) < 4.78 is 13.7. The lowest BCUT2D eigenvalue weighted by molar-refractivity contribution is 0.354. The lowest BCUT2D eigenvalue weighted by atomic mass is 10.1. The van der Waals surface area contributed by atoms with Crippen LogP contribution in [0.3, 0.4) is 0 Å². The first-order valence-corrected chi connectivity index (χ1v) is 5.52. The van der Waals surface area contributed by atoms with Gasteiger partial charge in [-0.25, -0.2) is 4.39 Å². The Balaban J connectivity index is 2.32. The fraction of sp³-hybridized carbons (Fsp3) is 0.364. The minimum absolute atomic E-state index is 0.109. The van der Waals surface area contributed by atoms with E-state index in [1.54, 1.807) is 12.1 Å². The third kappa shape index (κ3) is 1.85. The third-order valence-corrected chi connectivity index (χ3v) is 2.99. The van der Waals surface area contributed by atoms with Crippen LogP contribution in [0.25, 0.3) is 0 Å². The first kappa shape index (κ1) is 11.2. The minimum atomic E-state index is -0.305. The molecule has 1 heterocycles. The SMILES string of the molecule is CCN1C(N)=NCC1c1ccc(Cl)cc1F. The zero-order chi connectivity index (χ0) is 11.7. The van der Waals surface area contributed by atoms with Crippen molar-refractivity contribution in [2.45, 2.75) is 13.0 Å². The van der Waals surface area contributed by atoms with Crippen molar-refractivity contribution in [2.75, 3.05) is 13.1 Å². The average molecular weight is 242 g/mol. The van der Waals surface area contributed by atoms with Crippen LogP contribution in [0.4, 0.5) is 4.39 Å². The Morgan fingerprint density at radius 3 is 3.00 bits per heavy atom. The van der Waals surface area contributed by atoms with E-state index in [0.29, 0.717) is 29.6 Å². The van der Waals surface area contributed by atoms with E-state index < -0.39 is 0 Å². The Kier molecular flexibility index (Phi) is 3.01. The van der Waals surface area contributed by atoms with E-state index in [0.717, 1.165) is 0 Å². The van der Waals surface area contributed by atoms with Crippen molar-refractivity contribution in [3.05, 3.63) is 34.6 Å². The highest BCUT2D eigenvalue weighted by Crippen LogP contribution is 2.28. The first-order chi connectivity index (χ1) is 7.63. The topological polar surface area (TPSA) is 41.6 Å². The first-order valence-electron chi connectivity index (χ1n) is 5.15. The van der Waals surface area contributed by atoms with Gasteiger partial charge in [-0.2, -0.15) is 0 Å². The summed E-state index contributed by atoms with van der Waals surface area (Å²) >= 11 is 5.72. The molecule has 0 aliphatic carbocycles. The van der Waals surface area contributed by atoms with Gasteiger partial charge in [-0.3, -0.25) is 4.99 Å². The molecule has 3 nitrogen and oxygen atoms in total. The molecule has 0 aromatic heterocycles. The number of guanidine groups is 1. The summed E-state index contributed by atoms with van der Waals surface area (Å²) in [7, 11) is 0. The predicted octanol–water partition coefficient (Wildman–Crippen LogP) is 2.17. The van der Waals surface area contributed by atoms with Gasteiger partial charge >= 0.3 is 0 Å². The molecular weight excluding hydrogens is 229 g/mol. The summed E-state index contributed by atoms with van der Waals surface area (Å²) in [5.41, 5.74) is 6.32. The molecule has 2 rings (SSSR count). The number of likely N-dealkylation sites (N-methyl/N-ethyl adjacent to an activating group) is 1. The number of hydrogen-bond donors (Lipinski definition) is 1. The lowest BCUT2D eigenvalue weighted by Crippen LogP contribution is -2.36. The van der Waals surface area contributed by atoms with Crippen molar-refractivity contribution in [2.24, 2.45) is 10.7 Å². The van der Waals surface area contributed by atoms with Gasteiger partial charge in [0.05, 0.1) is 12.6 Å². The van der Waals surface area contributed by atoms with Crippen molar-refractivity contribution in [3.63, 3.8) is 0 Å². The smallest absolute Gasteiger partial charge is 0.191 e. The van der Waals surface area contributed by atoms with Crippen LogP contribution in [0.5, 0.6) is 0 Å². The number of halogens is 2. The van der Waals surface area contributed by atoms with Crippen molar-refractivity contribution >= 4 is 17.6 Å². The van der Waals surface area contributed by atoms with Crippen LogP contribution < -0.4 is 5.73 Å². The highest BCUT2D eigenvalue weighted by Gasteiger charge is 2.28. The maximum Gasteiger partial charge on any atom is 0.191 e. The van der Waals surface area contributed by atoms with Crippen LogP contribution in [-0.2, 0) is 0 Å². The second-order valence-corrected chi connectivity index (χ2v) is 4.10. The second-order valence-electron chi connectivity index (χ2n) is 3.67. The highest BCUT2D eigenvalue weighted by molar-refractivity contribution is 6.30. The van der Waals surface area contributed by atoms with E-state index in [1.165, 1.54) is 6.07 Å². The molecule has 0 spiro atoms. The number of benzene rings is 1. The van der Waals surface area contributed by atoms with Gasteiger partial charge in [0.2, 0.25) is 0 Å². The Bertz CT molecular complexity index is 433. The molecule has 16 heavy (non-hydrogen) atoms. The van der Waals surface area contributed by atoms with Crippen LogP contribution in [0, 0.1) is 5.82 Å². The molecule has 0 radical (unpaired) electrons. The number of nitrogens with two attached hydrogens (primary N) is 1. The van der Waals surface area contributed by atoms with E-state index in [2.05, 4.69) is 4.99 Å². The van der Waals surface area contributed by atoms with Crippen molar-refractivity contribution in [3.8, 4) is 0 Å². The van der Waals surface area contributed by atoms with Gasteiger partial charge in [-0.05, 0) is 19.1 Å². The van der Waals surface area contributed by atoms with Gasteiger partial charge < -0.3 is 10.6 Å². The quantitative estimate of drug-likeness (QED) is 0.862. The minimum Gasteiger partial charge on any atom is -0.370 e. The van der Waals surface area contributed by atoms with Gasteiger partial charge in [-0.15, -0.1) is 0 Å². The molecule has 1 unspecified atom stereocenters. The van der Waals surface area contributed by atoms with E-state index >= 15 is 0 Å². The molecule has 0 amide bonds. The van der Waals surface area contributed by atoms with Gasteiger partial charge in [0.15, 0.2) is 5.96 Å². The van der Waals surface area contributed by atoms with Crippen LogP contribution in [0.1, 0.15) is 18.5 Å². The van der Waals surface area contributed by atoms with E-state index in [9.17, 15) is 4.39 Å². The molecule has 86 valence electrons. The molecule has 5 heteroatoms. The predicted molar refractivity (Wildman–Crippen MR) is 63.0 cm³/mol.